The van der Waals surface area contributed by atoms with Crippen molar-refractivity contribution in [1.82, 2.24) is 0 Å². The topological polar surface area (TPSA) is 37.3 Å². The van der Waals surface area contributed by atoms with Crippen LogP contribution in [0.5, 0.6) is 0 Å². The van der Waals surface area contributed by atoms with Crippen molar-refractivity contribution in [2.75, 3.05) is 0 Å². The number of hydrogen-bond donors (Lipinski definition) is 1. The first-order valence-electron chi connectivity index (χ1n) is 1.99. The fourth-order valence-electron chi connectivity index (χ4n) is 0. The molecule has 0 aliphatic heterocycles. The molecule has 0 radical (unpaired) electrons. The van der Waals surface area contributed by atoms with Crippen molar-refractivity contribution >= 4 is 33.9 Å². The van der Waals surface area contributed by atoms with Gasteiger partial charge in [0.15, 0.2) is 0 Å². The van der Waals surface area contributed by atoms with Crippen molar-refractivity contribution in [2.24, 2.45) is 0 Å². The van der Waals surface area contributed by atoms with Crippen molar-refractivity contribution in [3.05, 3.63) is 0 Å². The van der Waals surface area contributed by atoms with E-state index < -0.39 is 37.3 Å². The molecule has 2 nitrogen and oxygen atoms in total. The second-order valence-corrected chi connectivity index (χ2v) is 2.43. The molecule has 1 N–H and O–H groups in total. The molecule has 0 atom stereocenters. The third kappa shape index (κ3) is 4790. The fraction of sp³-hybridized carbons (Fsp3) is 0.667. The summed E-state index contributed by atoms with van der Waals surface area (Å²) in [5.74, 6) is -0.833. The zero-order chi connectivity index (χ0) is 8.08. The third-order valence-corrected chi connectivity index (χ3v) is 0. The van der Waals surface area contributed by atoms with E-state index in [9.17, 15) is 13.2 Å². The number of aliphatic carboxylic acids is 1. The predicted octanol–water partition coefficient (Wildman–Crippen LogP) is 0.766. The van der Waals surface area contributed by atoms with Crippen molar-refractivity contribution in [3.63, 3.8) is 0 Å². The summed E-state index contributed by atoms with van der Waals surface area (Å²) in [4.78, 5) is 9.00. The molecule has 0 aromatic carbocycles. The van der Waals surface area contributed by atoms with E-state index in [0.29, 0.717) is 0 Å². The van der Waals surface area contributed by atoms with Crippen LogP contribution in [0.2, 0.25) is 0 Å². The molecule has 50 valence electrons. The Morgan fingerprint density at radius 3 is 1.56 bits per heavy atom. The Morgan fingerprint density at radius 1 is 1.56 bits per heavy atom. The summed E-state index contributed by atoms with van der Waals surface area (Å²) in [7, 11) is 0. The second kappa shape index (κ2) is 5.08. The van der Waals surface area contributed by atoms with Crippen LogP contribution in [0.4, 0.5) is 13.2 Å². The van der Waals surface area contributed by atoms with Crippen LogP contribution < -0.4 is 0 Å². The molecule has 0 spiro atoms. The van der Waals surface area contributed by atoms with Crippen LogP contribution in [0.3, 0.4) is 0 Å². The van der Waals surface area contributed by atoms with Crippen LogP contribution >= 0.6 is 0 Å². The first kappa shape index (κ1) is 12.0. The number of carbonyl (C=O) groups is 1. The summed E-state index contributed by atoms with van der Waals surface area (Å²) in [6.45, 7) is 1.08. The minimum absolute atomic E-state index is 0.692. The van der Waals surface area contributed by atoms with Gasteiger partial charge in [-0.15, -0.1) is 0 Å². The first-order valence-corrected chi connectivity index (χ1v) is 2.99. The van der Waals surface area contributed by atoms with Gasteiger partial charge in [0.05, 0.1) is 0 Å². The molecule has 0 aromatic rings. The van der Waals surface area contributed by atoms with Gasteiger partial charge < -0.3 is 5.11 Å². The SMILES string of the molecule is CC(=O)O.F[C](F)(F)[Na]. The molecule has 6 heteroatoms. The molecule has 0 rings (SSSR count). The quantitative estimate of drug-likeness (QED) is 0.520. The summed E-state index contributed by atoms with van der Waals surface area (Å²) in [6, 6.07) is 0. The normalized spacial score (nSPS) is 9.56. The van der Waals surface area contributed by atoms with Crippen molar-refractivity contribution in [3.8, 4) is 0 Å². The van der Waals surface area contributed by atoms with Crippen molar-refractivity contribution in [1.29, 1.82) is 0 Å². The van der Waals surface area contributed by atoms with Gasteiger partial charge in [-0.05, 0) is 0 Å². The van der Waals surface area contributed by atoms with Gasteiger partial charge in [0.2, 0.25) is 0 Å². The molecular weight excluding hydrogens is 148 g/mol. The van der Waals surface area contributed by atoms with E-state index in [0.717, 1.165) is 6.92 Å². The number of carboxylic acids is 1. The van der Waals surface area contributed by atoms with E-state index in [-0.39, 0.29) is 0 Å². The van der Waals surface area contributed by atoms with Gasteiger partial charge >= 0.3 is 44.5 Å². The van der Waals surface area contributed by atoms with E-state index >= 15 is 0 Å². The van der Waals surface area contributed by atoms with Gasteiger partial charge in [-0.1, -0.05) is 0 Å². The van der Waals surface area contributed by atoms with Gasteiger partial charge in [-0.2, -0.15) is 0 Å². The summed E-state index contributed by atoms with van der Waals surface area (Å²) < 4.78 is 27.4. The summed E-state index contributed by atoms with van der Waals surface area (Å²) in [5.41, 5.74) is 0. The van der Waals surface area contributed by atoms with Gasteiger partial charge in [-0.25, -0.2) is 0 Å². The van der Waals surface area contributed by atoms with Crippen LogP contribution in [0.1, 0.15) is 6.92 Å². The Balaban J connectivity index is 0. The average Bonchev–Trinajstić information content (AvgIpc) is 1.19. The maximum absolute atomic E-state index is 10.4. The van der Waals surface area contributed by atoms with E-state index in [4.69, 9.17) is 9.90 Å². The molecule has 0 aliphatic rings. The Hall–Kier alpha value is 0.260. The van der Waals surface area contributed by atoms with E-state index in [2.05, 4.69) is 0 Å². The van der Waals surface area contributed by atoms with E-state index in [1.807, 2.05) is 0 Å². The molecule has 0 fully saturated rings. The summed E-state index contributed by atoms with van der Waals surface area (Å²) in [6.07, 6.45) is 0. The molecule has 0 bridgehead atoms. The number of rotatable bonds is 0. The molecule has 9 heavy (non-hydrogen) atoms. The van der Waals surface area contributed by atoms with E-state index in [1.54, 1.807) is 0 Å². The molecule has 0 aliphatic carbocycles. The van der Waals surface area contributed by atoms with Gasteiger partial charge in [0.25, 0.3) is 5.97 Å². The maximum atomic E-state index is 10.4. The standard InChI is InChI=1S/C2H4O2.CF3.Na/c1-2(3)4;2-1(3)4;/h1H3,(H,3,4);;. The van der Waals surface area contributed by atoms with Gasteiger partial charge in [-0.3, -0.25) is 4.79 Å². The minimum atomic E-state index is -3.86. The molecular formula is C3H4F3NaO2. The Bertz CT molecular complexity index is 79.5. The monoisotopic (exact) mass is 152 g/mol. The van der Waals surface area contributed by atoms with Gasteiger partial charge in [0.1, 0.15) is 0 Å². The zero-order valence-electron chi connectivity index (χ0n) is 4.99. The third-order valence-electron chi connectivity index (χ3n) is 0. The second-order valence-electron chi connectivity index (χ2n) is 1.30. The molecule has 0 aromatic heterocycles. The summed E-state index contributed by atoms with van der Waals surface area (Å²) >= 11 is -0.692. The van der Waals surface area contributed by atoms with E-state index in [1.165, 1.54) is 0 Å². The number of hydrogen-bond acceptors (Lipinski definition) is 1. The molecule has 0 unspecified atom stereocenters. The first-order chi connectivity index (χ1) is 3.73. The predicted molar refractivity (Wildman–Crippen MR) is 25.1 cm³/mol. The van der Waals surface area contributed by atoms with Crippen LogP contribution in [-0.4, -0.2) is 42.4 Å². The van der Waals surface area contributed by atoms with Crippen LogP contribution in [0.15, 0.2) is 0 Å². The molecule has 0 saturated carbocycles. The molecule has 0 amide bonds. The zero-order valence-corrected chi connectivity index (χ0v) is 6.99. The number of carboxylic acid groups (broad SMARTS) is 1. The van der Waals surface area contributed by atoms with Crippen LogP contribution in [-0.2, 0) is 4.79 Å². The fourth-order valence-corrected chi connectivity index (χ4v) is 0. The Kier molecular flexibility index (Phi) is 6.76. The average molecular weight is 152 g/mol. The molecule has 0 heterocycles. The van der Waals surface area contributed by atoms with Gasteiger partial charge in [0, 0.05) is 6.92 Å². The molecule has 0 saturated heterocycles. The Morgan fingerprint density at radius 2 is 1.56 bits per heavy atom. The summed E-state index contributed by atoms with van der Waals surface area (Å²) in [5, 5.41) is 7.42. The van der Waals surface area contributed by atoms with Crippen LogP contribution in [0.25, 0.3) is 0 Å². The van der Waals surface area contributed by atoms with Crippen molar-refractivity contribution in [2.45, 2.75) is 10.3 Å². The van der Waals surface area contributed by atoms with Crippen LogP contribution in [0, 0.1) is 0 Å². The Labute approximate surface area is 67.5 Å². The van der Waals surface area contributed by atoms with Crippen molar-refractivity contribution < 1.29 is 23.1 Å². The number of halogens is 3. The number of alkyl halides is 3.